The molecule has 0 fully saturated rings. The van der Waals surface area contributed by atoms with Gasteiger partial charge in [0.2, 0.25) is 0 Å². The molecule has 5 heteroatoms. The van der Waals surface area contributed by atoms with Gasteiger partial charge in [0.25, 0.3) is 0 Å². The highest BCUT2D eigenvalue weighted by Crippen LogP contribution is 2.35. The molecular formula is C16H16ClNO2S. The highest BCUT2D eigenvalue weighted by Gasteiger charge is 2.28. The molecule has 0 aliphatic carbocycles. The van der Waals surface area contributed by atoms with Crippen molar-refractivity contribution in [2.45, 2.75) is 25.4 Å². The molecular weight excluding hydrogens is 306 g/mol. The summed E-state index contributed by atoms with van der Waals surface area (Å²) in [7, 11) is 0. The molecule has 0 saturated heterocycles. The summed E-state index contributed by atoms with van der Waals surface area (Å²) in [4.78, 5) is 14.9. The molecule has 0 amide bonds. The lowest BCUT2D eigenvalue weighted by molar-refractivity contribution is -0.138. The van der Waals surface area contributed by atoms with E-state index in [1.807, 2.05) is 24.3 Å². The number of hydrogen-bond acceptors (Lipinski definition) is 3. The lowest BCUT2D eigenvalue weighted by Crippen LogP contribution is -2.34. The molecule has 21 heavy (non-hydrogen) atoms. The third-order valence-corrected chi connectivity index (χ3v) is 5.28. The van der Waals surface area contributed by atoms with E-state index < -0.39 is 5.97 Å². The van der Waals surface area contributed by atoms with E-state index in [0.29, 0.717) is 5.02 Å². The molecule has 3 nitrogen and oxygen atoms in total. The minimum Gasteiger partial charge on any atom is -0.481 e. The minimum atomic E-state index is -0.795. The van der Waals surface area contributed by atoms with Crippen molar-refractivity contribution >= 4 is 28.9 Å². The molecule has 1 unspecified atom stereocenters. The standard InChI is InChI=1S/C16H16ClNO2S/c17-13-4-2-1-3-12(13)14(9-16(19)20)18-7-5-15-11(10-18)6-8-21-15/h1-4,6,8,14H,5,7,9-10H2,(H,19,20). The number of carbonyl (C=O) groups is 1. The normalized spacial score (nSPS) is 16.4. The van der Waals surface area contributed by atoms with Crippen LogP contribution in [0.2, 0.25) is 5.02 Å². The molecule has 2 aromatic rings. The minimum absolute atomic E-state index is 0.0726. The molecule has 1 N–H and O–H groups in total. The number of hydrogen-bond donors (Lipinski definition) is 1. The van der Waals surface area contributed by atoms with Gasteiger partial charge in [-0.1, -0.05) is 29.8 Å². The van der Waals surface area contributed by atoms with Gasteiger partial charge in [-0.15, -0.1) is 11.3 Å². The molecule has 1 aliphatic rings. The second kappa shape index (κ2) is 6.18. The number of carboxylic acids is 1. The lowest BCUT2D eigenvalue weighted by atomic mass is 9.98. The van der Waals surface area contributed by atoms with Crippen LogP contribution in [0.15, 0.2) is 35.7 Å². The third-order valence-electron chi connectivity index (χ3n) is 3.91. The van der Waals surface area contributed by atoms with Crippen LogP contribution in [0.25, 0.3) is 0 Å². The number of carboxylic acid groups (broad SMARTS) is 1. The van der Waals surface area contributed by atoms with Gasteiger partial charge < -0.3 is 5.11 Å². The van der Waals surface area contributed by atoms with E-state index in [1.165, 1.54) is 10.4 Å². The van der Waals surface area contributed by atoms with Gasteiger partial charge in [0.1, 0.15) is 0 Å². The van der Waals surface area contributed by atoms with E-state index >= 15 is 0 Å². The summed E-state index contributed by atoms with van der Waals surface area (Å²) in [6, 6.07) is 9.50. The molecule has 1 atom stereocenters. The fraction of sp³-hybridized carbons (Fsp3) is 0.312. The Bertz CT molecular complexity index is 655. The first-order valence-corrected chi connectivity index (χ1v) is 8.16. The molecule has 0 radical (unpaired) electrons. The van der Waals surface area contributed by atoms with Crippen molar-refractivity contribution in [3.05, 3.63) is 56.7 Å². The number of benzene rings is 1. The van der Waals surface area contributed by atoms with Gasteiger partial charge in [0.15, 0.2) is 0 Å². The fourth-order valence-electron chi connectivity index (χ4n) is 2.88. The fourth-order valence-corrected chi connectivity index (χ4v) is 4.03. The lowest BCUT2D eigenvalue weighted by Gasteiger charge is -2.34. The third kappa shape index (κ3) is 3.12. The second-order valence-electron chi connectivity index (χ2n) is 5.22. The van der Waals surface area contributed by atoms with Gasteiger partial charge in [-0.2, -0.15) is 0 Å². The summed E-state index contributed by atoms with van der Waals surface area (Å²) in [6.45, 7) is 1.67. The molecule has 1 aliphatic heterocycles. The van der Waals surface area contributed by atoms with Gasteiger partial charge in [0, 0.05) is 29.0 Å². The van der Waals surface area contributed by atoms with Crippen molar-refractivity contribution in [2.24, 2.45) is 0 Å². The summed E-state index contributed by atoms with van der Waals surface area (Å²) in [5.74, 6) is -0.795. The van der Waals surface area contributed by atoms with E-state index in [0.717, 1.165) is 25.1 Å². The number of halogens is 1. The van der Waals surface area contributed by atoms with Crippen LogP contribution in [-0.4, -0.2) is 22.5 Å². The summed E-state index contributed by atoms with van der Waals surface area (Å²) in [5.41, 5.74) is 2.22. The van der Waals surface area contributed by atoms with Crippen LogP contribution < -0.4 is 0 Å². The monoisotopic (exact) mass is 321 g/mol. The van der Waals surface area contributed by atoms with Crippen molar-refractivity contribution in [3.63, 3.8) is 0 Å². The zero-order valence-corrected chi connectivity index (χ0v) is 13.0. The maximum absolute atomic E-state index is 11.3. The number of thiophene rings is 1. The highest BCUT2D eigenvalue weighted by atomic mass is 35.5. The Hall–Kier alpha value is -1.36. The van der Waals surface area contributed by atoms with Crippen molar-refractivity contribution in [1.29, 1.82) is 0 Å². The van der Waals surface area contributed by atoms with Crippen molar-refractivity contribution in [1.82, 2.24) is 4.90 Å². The molecule has 0 bridgehead atoms. The van der Waals surface area contributed by atoms with Crippen LogP contribution >= 0.6 is 22.9 Å². The summed E-state index contributed by atoms with van der Waals surface area (Å²) >= 11 is 8.07. The number of aliphatic carboxylic acids is 1. The first-order chi connectivity index (χ1) is 10.1. The van der Waals surface area contributed by atoms with Crippen LogP contribution in [0.1, 0.15) is 28.5 Å². The first-order valence-electron chi connectivity index (χ1n) is 6.90. The van der Waals surface area contributed by atoms with Gasteiger partial charge in [0.05, 0.1) is 6.42 Å². The Morgan fingerprint density at radius 3 is 2.95 bits per heavy atom. The van der Waals surface area contributed by atoms with Crippen molar-refractivity contribution < 1.29 is 9.90 Å². The smallest absolute Gasteiger partial charge is 0.305 e. The van der Waals surface area contributed by atoms with Gasteiger partial charge in [-0.3, -0.25) is 9.69 Å². The summed E-state index contributed by atoms with van der Waals surface area (Å²) in [5, 5.41) is 12.0. The largest absolute Gasteiger partial charge is 0.481 e. The number of fused-ring (bicyclic) bond motifs is 1. The van der Waals surface area contributed by atoms with Crippen LogP contribution in [0.4, 0.5) is 0 Å². The topological polar surface area (TPSA) is 40.5 Å². The van der Waals surface area contributed by atoms with Gasteiger partial charge in [-0.05, 0) is 35.1 Å². The molecule has 1 aromatic carbocycles. The average molecular weight is 322 g/mol. The van der Waals surface area contributed by atoms with E-state index in [-0.39, 0.29) is 12.5 Å². The maximum Gasteiger partial charge on any atom is 0.305 e. The van der Waals surface area contributed by atoms with Crippen LogP contribution in [-0.2, 0) is 17.8 Å². The molecule has 0 spiro atoms. The van der Waals surface area contributed by atoms with E-state index in [9.17, 15) is 9.90 Å². The quantitative estimate of drug-likeness (QED) is 0.926. The molecule has 110 valence electrons. The van der Waals surface area contributed by atoms with E-state index in [2.05, 4.69) is 16.3 Å². The number of nitrogens with zero attached hydrogens (tertiary/aromatic N) is 1. The maximum atomic E-state index is 11.3. The first kappa shape index (κ1) is 14.6. The highest BCUT2D eigenvalue weighted by molar-refractivity contribution is 7.10. The average Bonchev–Trinajstić information content (AvgIpc) is 2.93. The van der Waals surface area contributed by atoms with Crippen LogP contribution in [0.5, 0.6) is 0 Å². The van der Waals surface area contributed by atoms with Gasteiger partial charge in [-0.25, -0.2) is 0 Å². The Morgan fingerprint density at radius 1 is 1.38 bits per heavy atom. The van der Waals surface area contributed by atoms with Crippen molar-refractivity contribution in [2.75, 3.05) is 6.54 Å². The second-order valence-corrected chi connectivity index (χ2v) is 6.63. The van der Waals surface area contributed by atoms with Gasteiger partial charge >= 0.3 is 5.97 Å². The molecule has 1 aromatic heterocycles. The van der Waals surface area contributed by atoms with Crippen LogP contribution in [0.3, 0.4) is 0 Å². The zero-order valence-electron chi connectivity index (χ0n) is 11.5. The predicted octanol–water partition coefficient (Wildman–Crippen LogP) is 3.98. The molecule has 3 rings (SSSR count). The van der Waals surface area contributed by atoms with E-state index in [4.69, 9.17) is 11.6 Å². The SMILES string of the molecule is O=C(O)CC(c1ccccc1Cl)N1CCc2sccc2C1. The molecule has 2 heterocycles. The Kier molecular flexibility index (Phi) is 4.29. The Labute approximate surface area is 132 Å². The van der Waals surface area contributed by atoms with Crippen LogP contribution in [0, 0.1) is 0 Å². The molecule has 0 saturated carbocycles. The Morgan fingerprint density at radius 2 is 2.19 bits per heavy atom. The zero-order chi connectivity index (χ0) is 14.8. The summed E-state index contributed by atoms with van der Waals surface area (Å²) < 4.78 is 0. The Balaban J connectivity index is 1.90. The summed E-state index contributed by atoms with van der Waals surface area (Å²) in [6.07, 6.45) is 1.05. The predicted molar refractivity (Wildman–Crippen MR) is 84.9 cm³/mol. The number of rotatable bonds is 4. The van der Waals surface area contributed by atoms with E-state index in [1.54, 1.807) is 11.3 Å². The van der Waals surface area contributed by atoms with Crippen molar-refractivity contribution in [3.8, 4) is 0 Å².